The number of sulfone groups is 1. The number of hydrogen-bond acceptors (Lipinski definition) is 5. The molecule has 7 heteroatoms. The van der Waals surface area contributed by atoms with E-state index in [1.807, 2.05) is 6.92 Å². The van der Waals surface area contributed by atoms with E-state index in [1.54, 1.807) is 42.5 Å². The Morgan fingerprint density at radius 2 is 1.62 bits per heavy atom. The highest BCUT2D eigenvalue weighted by molar-refractivity contribution is 7.92. The van der Waals surface area contributed by atoms with Gasteiger partial charge in [0.2, 0.25) is 9.84 Å². The number of benzene rings is 2. The number of aromatic nitrogens is 2. The standard InChI is InChI=1S/C17H12ClN3O2S/c1-11-6-8-12(9-7-11)24(22,23)15(10-19)16-17(18)21-14-5-3-2-4-13(14)20-16/h2-9,15H,1H3. The number of nitriles is 1. The zero-order chi connectivity index (χ0) is 17.3. The van der Waals surface area contributed by atoms with Crippen LogP contribution < -0.4 is 0 Å². The Balaban J connectivity index is 2.17. The SMILES string of the molecule is Cc1ccc(S(=O)(=O)C(C#N)c2nc3ccccc3nc2Cl)cc1. The minimum absolute atomic E-state index is 0.0469. The van der Waals surface area contributed by atoms with Crippen molar-refractivity contribution in [2.24, 2.45) is 0 Å². The molecule has 1 heterocycles. The number of aryl methyl sites for hydroxylation is 1. The summed E-state index contributed by atoms with van der Waals surface area (Å²) in [6.07, 6.45) is 0. The molecule has 0 amide bonds. The third kappa shape index (κ3) is 2.84. The molecule has 3 aromatic rings. The average molecular weight is 358 g/mol. The fourth-order valence-corrected chi connectivity index (χ4v) is 3.99. The minimum atomic E-state index is -3.96. The molecular weight excluding hydrogens is 346 g/mol. The zero-order valence-corrected chi connectivity index (χ0v) is 14.2. The summed E-state index contributed by atoms with van der Waals surface area (Å²) in [6, 6.07) is 15.0. The van der Waals surface area contributed by atoms with E-state index < -0.39 is 15.1 Å². The first kappa shape index (κ1) is 16.4. The smallest absolute Gasteiger partial charge is 0.200 e. The molecule has 2 aromatic carbocycles. The molecule has 3 rings (SSSR count). The molecule has 0 aliphatic carbocycles. The Bertz CT molecular complexity index is 1060. The number of para-hydroxylation sites is 2. The summed E-state index contributed by atoms with van der Waals surface area (Å²) in [5.41, 5.74) is 1.89. The largest absolute Gasteiger partial charge is 0.245 e. The topological polar surface area (TPSA) is 83.7 Å². The van der Waals surface area contributed by atoms with Gasteiger partial charge in [-0.1, -0.05) is 41.4 Å². The van der Waals surface area contributed by atoms with Crippen molar-refractivity contribution in [2.75, 3.05) is 0 Å². The van der Waals surface area contributed by atoms with Gasteiger partial charge in [0.15, 0.2) is 10.4 Å². The van der Waals surface area contributed by atoms with Crippen LogP contribution in [-0.2, 0) is 9.84 Å². The predicted octanol–water partition coefficient (Wildman–Crippen LogP) is 3.63. The average Bonchev–Trinajstić information content (AvgIpc) is 2.56. The van der Waals surface area contributed by atoms with E-state index in [0.717, 1.165) is 5.56 Å². The van der Waals surface area contributed by atoms with E-state index in [4.69, 9.17) is 11.6 Å². The lowest BCUT2D eigenvalue weighted by Gasteiger charge is -2.12. The number of hydrogen-bond donors (Lipinski definition) is 0. The highest BCUT2D eigenvalue weighted by Gasteiger charge is 2.33. The fraction of sp³-hybridized carbons (Fsp3) is 0.118. The van der Waals surface area contributed by atoms with Gasteiger partial charge in [-0.15, -0.1) is 0 Å². The highest BCUT2D eigenvalue weighted by Crippen LogP contribution is 2.32. The molecule has 0 spiro atoms. The van der Waals surface area contributed by atoms with Gasteiger partial charge in [-0.3, -0.25) is 0 Å². The van der Waals surface area contributed by atoms with Gasteiger partial charge in [-0.25, -0.2) is 18.4 Å². The Morgan fingerprint density at radius 3 is 2.21 bits per heavy atom. The van der Waals surface area contributed by atoms with Crippen LogP contribution in [0, 0.1) is 18.3 Å². The van der Waals surface area contributed by atoms with E-state index in [9.17, 15) is 13.7 Å². The summed E-state index contributed by atoms with van der Waals surface area (Å²) in [4.78, 5) is 8.46. The van der Waals surface area contributed by atoms with Crippen LogP contribution in [0.3, 0.4) is 0 Å². The molecule has 0 saturated carbocycles. The first-order valence-electron chi connectivity index (χ1n) is 7.06. The van der Waals surface area contributed by atoms with Gasteiger partial charge in [0, 0.05) is 0 Å². The molecule has 0 bridgehead atoms. The normalized spacial score (nSPS) is 12.7. The Morgan fingerprint density at radius 1 is 1.04 bits per heavy atom. The van der Waals surface area contributed by atoms with E-state index in [0.29, 0.717) is 11.0 Å². The first-order chi connectivity index (χ1) is 11.4. The van der Waals surface area contributed by atoms with Crippen molar-refractivity contribution in [3.05, 3.63) is 64.9 Å². The van der Waals surface area contributed by atoms with Crippen LogP contribution in [0.15, 0.2) is 53.4 Å². The number of rotatable bonds is 3. The predicted molar refractivity (Wildman–Crippen MR) is 91.3 cm³/mol. The van der Waals surface area contributed by atoms with Gasteiger partial charge in [0.05, 0.1) is 22.0 Å². The number of fused-ring (bicyclic) bond motifs is 1. The monoisotopic (exact) mass is 357 g/mol. The van der Waals surface area contributed by atoms with Gasteiger partial charge < -0.3 is 0 Å². The fourth-order valence-electron chi connectivity index (χ4n) is 2.30. The van der Waals surface area contributed by atoms with Crippen molar-refractivity contribution >= 4 is 32.5 Å². The van der Waals surface area contributed by atoms with E-state index in [1.165, 1.54) is 12.1 Å². The third-order valence-electron chi connectivity index (χ3n) is 3.58. The Kier molecular flexibility index (Phi) is 4.22. The van der Waals surface area contributed by atoms with Crippen LogP contribution in [0.25, 0.3) is 11.0 Å². The maximum absolute atomic E-state index is 12.8. The second-order valence-corrected chi connectivity index (χ2v) is 7.65. The molecule has 0 radical (unpaired) electrons. The van der Waals surface area contributed by atoms with Crippen molar-refractivity contribution < 1.29 is 8.42 Å². The molecular formula is C17H12ClN3O2S. The van der Waals surface area contributed by atoms with Gasteiger partial charge >= 0.3 is 0 Å². The van der Waals surface area contributed by atoms with E-state index in [-0.39, 0.29) is 15.7 Å². The van der Waals surface area contributed by atoms with Crippen molar-refractivity contribution in [1.82, 2.24) is 9.97 Å². The molecule has 5 nitrogen and oxygen atoms in total. The maximum atomic E-state index is 12.8. The zero-order valence-electron chi connectivity index (χ0n) is 12.6. The summed E-state index contributed by atoms with van der Waals surface area (Å²) >= 11 is 6.11. The molecule has 120 valence electrons. The van der Waals surface area contributed by atoms with Crippen molar-refractivity contribution in [2.45, 2.75) is 17.1 Å². The Hall–Kier alpha value is -2.49. The summed E-state index contributed by atoms with van der Waals surface area (Å²) in [5, 5.41) is 7.86. The lowest BCUT2D eigenvalue weighted by molar-refractivity contribution is 0.590. The van der Waals surface area contributed by atoms with E-state index >= 15 is 0 Å². The van der Waals surface area contributed by atoms with Crippen LogP contribution in [0.2, 0.25) is 5.15 Å². The van der Waals surface area contributed by atoms with Crippen LogP contribution in [-0.4, -0.2) is 18.4 Å². The van der Waals surface area contributed by atoms with Gasteiger partial charge in [-0.2, -0.15) is 5.26 Å². The quantitative estimate of drug-likeness (QED) is 0.714. The minimum Gasteiger partial charge on any atom is -0.245 e. The van der Waals surface area contributed by atoms with Gasteiger partial charge in [-0.05, 0) is 31.2 Å². The van der Waals surface area contributed by atoms with Crippen molar-refractivity contribution in [3.8, 4) is 6.07 Å². The van der Waals surface area contributed by atoms with Gasteiger partial charge in [0.25, 0.3) is 0 Å². The van der Waals surface area contributed by atoms with Crippen molar-refractivity contribution in [1.29, 1.82) is 5.26 Å². The van der Waals surface area contributed by atoms with Crippen LogP contribution in [0.1, 0.15) is 16.5 Å². The molecule has 1 aromatic heterocycles. The Labute approximate surface area is 144 Å². The molecule has 0 saturated heterocycles. The van der Waals surface area contributed by atoms with Crippen molar-refractivity contribution in [3.63, 3.8) is 0 Å². The van der Waals surface area contributed by atoms with E-state index in [2.05, 4.69) is 9.97 Å². The molecule has 0 aliphatic rings. The molecule has 0 fully saturated rings. The summed E-state index contributed by atoms with van der Waals surface area (Å²) in [7, 11) is -3.96. The summed E-state index contributed by atoms with van der Waals surface area (Å²) in [5.74, 6) is 0. The second-order valence-electron chi connectivity index (χ2n) is 5.26. The lowest BCUT2D eigenvalue weighted by Crippen LogP contribution is -2.15. The summed E-state index contributed by atoms with van der Waals surface area (Å²) in [6.45, 7) is 1.85. The molecule has 1 atom stereocenters. The first-order valence-corrected chi connectivity index (χ1v) is 8.98. The van der Waals surface area contributed by atoms with Crippen LogP contribution >= 0.6 is 11.6 Å². The van der Waals surface area contributed by atoms with Crippen LogP contribution in [0.5, 0.6) is 0 Å². The summed E-state index contributed by atoms with van der Waals surface area (Å²) < 4.78 is 25.6. The van der Waals surface area contributed by atoms with Gasteiger partial charge in [0.1, 0.15) is 5.69 Å². The molecule has 0 aliphatic heterocycles. The maximum Gasteiger partial charge on any atom is 0.200 e. The molecule has 1 unspecified atom stereocenters. The highest BCUT2D eigenvalue weighted by atomic mass is 35.5. The lowest BCUT2D eigenvalue weighted by atomic mass is 10.2. The molecule has 24 heavy (non-hydrogen) atoms. The third-order valence-corrected chi connectivity index (χ3v) is 5.73. The number of halogens is 1. The molecule has 0 N–H and O–H groups in total. The van der Waals surface area contributed by atoms with Crippen LogP contribution in [0.4, 0.5) is 0 Å². The second kappa shape index (κ2) is 6.19. The number of nitrogens with zero attached hydrogens (tertiary/aromatic N) is 3.